The number of hydrogen-bond acceptors (Lipinski definition) is 6. The number of hydrogen-bond donors (Lipinski definition) is 1. The van der Waals surface area contributed by atoms with Gasteiger partial charge in [-0.3, -0.25) is 24.8 Å². The summed E-state index contributed by atoms with van der Waals surface area (Å²) in [4.78, 5) is 20.7. The van der Waals surface area contributed by atoms with E-state index < -0.39 is 4.92 Å². The molecular weight excluding hydrogens is 242 g/mol. The molecule has 2 rings (SSSR count). The third-order valence-electron chi connectivity index (χ3n) is 2.15. The van der Waals surface area contributed by atoms with Crippen LogP contribution in [0.1, 0.15) is 6.92 Å². The van der Waals surface area contributed by atoms with Crippen LogP contribution in [0.4, 0.5) is 11.8 Å². The van der Waals surface area contributed by atoms with Crippen LogP contribution >= 0.6 is 0 Å². The summed E-state index contributed by atoms with van der Waals surface area (Å²) in [7, 11) is 1.61. The number of nitrogens with zero attached hydrogens (tertiary/aromatic N) is 4. The van der Waals surface area contributed by atoms with Crippen LogP contribution in [-0.2, 0) is 11.8 Å². The first-order valence-electron chi connectivity index (χ1n) is 4.90. The van der Waals surface area contributed by atoms with E-state index in [1.54, 1.807) is 7.05 Å². The molecule has 0 saturated carbocycles. The minimum Gasteiger partial charge on any atom is -0.397 e. The van der Waals surface area contributed by atoms with Crippen molar-refractivity contribution in [3.63, 3.8) is 0 Å². The van der Waals surface area contributed by atoms with E-state index in [9.17, 15) is 14.9 Å². The van der Waals surface area contributed by atoms with Crippen LogP contribution in [0.25, 0.3) is 11.6 Å². The van der Waals surface area contributed by atoms with Gasteiger partial charge in [-0.15, -0.1) is 10.2 Å². The van der Waals surface area contributed by atoms with Crippen LogP contribution in [-0.4, -0.2) is 25.6 Å². The van der Waals surface area contributed by atoms with E-state index in [2.05, 4.69) is 15.5 Å². The van der Waals surface area contributed by atoms with Gasteiger partial charge in [0.25, 0.3) is 0 Å². The molecular formula is C9H9N5O4. The van der Waals surface area contributed by atoms with Crippen molar-refractivity contribution < 1.29 is 14.1 Å². The molecule has 2 aromatic heterocycles. The molecule has 2 heterocycles. The lowest BCUT2D eigenvalue weighted by molar-refractivity contribution is -0.401. The van der Waals surface area contributed by atoms with Crippen molar-refractivity contribution in [2.75, 3.05) is 5.32 Å². The lowest BCUT2D eigenvalue weighted by Crippen LogP contribution is -2.10. The monoisotopic (exact) mass is 251 g/mol. The van der Waals surface area contributed by atoms with Crippen molar-refractivity contribution in [2.24, 2.45) is 7.05 Å². The first-order valence-corrected chi connectivity index (χ1v) is 4.90. The van der Waals surface area contributed by atoms with Gasteiger partial charge in [-0.2, -0.15) is 0 Å². The minimum absolute atomic E-state index is 0.202. The molecule has 1 amide bonds. The average Bonchev–Trinajstić information content (AvgIpc) is 2.86. The summed E-state index contributed by atoms with van der Waals surface area (Å²) in [5, 5.41) is 20.5. The van der Waals surface area contributed by atoms with E-state index >= 15 is 0 Å². The molecule has 0 aliphatic carbocycles. The maximum absolute atomic E-state index is 10.9. The molecule has 0 aliphatic rings. The zero-order chi connectivity index (χ0) is 13.3. The molecule has 18 heavy (non-hydrogen) atoms. The number of nitro groups is 1. The van der Waals surface area contributed by atoms with E-state index in [0.29, 0.717) is 0 Å². The first kappa shape index (κ1) is 11.8. The summed E-state index contributed by atoms with van der Waals surface area (Å²) < 4.78 is 6.46. The van der Waals surface area contributed by atoms with Gasteiger partial charge in [-0.1, -0.05) is 0 Å². The Morgan fingerprint density at radius 2 is 2.22 bits per heavy atom. The van der Waals surface area contributed by atoms with Crippen LogP contribution in [0.3, 0.4) is 0 Å². The number of aromatic nitrogens is 3. The van der Waals surface area contributed by atoms with Gasteiger partial charge in [0.1, 0.15) is 4.92 Å². The number of amides is 1. The van der Waals surface area contributed by atoms with E-state index in [1.165, 1.54) is 23.6 Å². The van der Waals surface area contributed by atoms with Gasteiger partial charge >= 0.3 is 5.88 Å². The smallest absolute Gasteiger partial charge is 0.397 e. The summed E-state index contributed by atoms with van der Waals surface area (Å²) in [6, 6.07) is 2.64. The van der Waals surface area contributed by atoms with Gasteiger partial charge in [0, 0.05) is 14.0 Å². The molecule has 0 saturated heterocycles. The standard InChI is InChI=1S/C9H9N5O4/c1-5(15)10-9-12-11-8(13(9)2)6-3-4-7(18-6)14(16)17/h3-4H,1-2H3,(H,10,12,15). The molecule has 0 radical (unpaired) electrons. The molecule has 9 heteroatoms. The Labute approximate surface area is 101 Å². The molecule has 0 aromatic carbocycles. The van der Waals surface area contributed by atoms with E-state index in [-0.39, 0.29) is 29.3 Å². The maximum atomic E-state index is 10.9. The normalized spacial score (nSPS) is 10.3. The van der Waals surface area contributed by atoms with Crippen LogP contribution < -0.4 is 5.32 Å². The van der Waals surface area contributed by atoms with Crippen molar-refractivity contribution in [1.29, 1.82) is 0 Å². The number of rotatable bonds is 3. The second-order valence-electron chi connectivity index (χ2n) is 3.48. The van der Waals surface area contributed by atoms with E-state index in [4.69, 9.17) is 4.42 Å². The number of anilines is 1. The van der Waals surface area contributed by atoms with Gasteiger partial charge in [0.2, 0.25) is 17.7 Å². The fourth-order valence-electron chi connectivity index (χ4n) is 1.36. The second kappa shape index (κ2) is 4.28. The summed E-state index contributed by atoms with van der Waals surface area (Å²) in [5.74, 6) is 0.0493. The van der Waals surface area contributed by atoms with Crippen LogP contribution in [0, 0.1) is 10.1 Å². The van der Waals surface area contributed by atoms with Gasteiger partial charge in [0.05, 0.1) is 6.07 Å². The molecule has 9 nitrogen and oxygen atoms in total. The van der Waals surface area contributed by atoms with Crippen molar-refractivity contribution in [2.45, 2.75) is 6.92 Å². The Kier molecular flexibility index (Phi) is 2.80. The number of furan rings is 1. The van der Waals surface area contributed by atoms with Crippen molar-refractivity contribution in [1.82, 2.24) is 14.8 Å². The first-order chi connectivity index (χ1) is 8.49. The van der Waals surface area contributed by atoms with Gasteiger partial charge < -0.3 is 4.42 Å². The van der Waals surface area contributed by atoms with Crippen molar-refractivity contribution >= 4 is 17.7 Å². The summed E-state index contributed by atoms with van der Waals surface area (Å²) >= 11 is 0. The predicted molar refractivity (Wildman–Crippen MR) is 59.7 cm³/mol. The highest BCUT2D eigenvalue weighted by atomic mass is 16.6. The average molecular weight is 251 g/mol. The fourth-order valence-corrected chi connectivity index (χ4v) is 1.36. The lowest BCUT2D eigenvalue weighted by Gasteiger charge is -2.01. The molecule has 0 unspecified atom stereocenters. The Balaban J connectivity index is 2.36. The van der Waals surface area contributed by atoms with E-state index in [1.807, 2.05) is 0 Å². The van der Waals surface area contributed by atoms with Gasteiger partial charge in [-0.05, 0) is 6.07 Å². The maximum Gasteiger partial charge on any atom is 0.433 e. The molecule has 94 valence electrons. The third-order valence-corrected chi connectivity index (χ3v) is 2.15. The van der Waals surface area contributed by atoms with Crippen LogP contribution in [0.2, 0.25) is 0 Å². The highest BCUT2D eigenvalue weighted by molar-refractivity contribution is 5.86. The predicted octanol–water partition coefficient (Wildman–Crippen LogP) is 0.942. The van der Waals surface area contributed by atoms with Crippen molar-refractivity contribution in [3.8, 4) is 11.6 Å². The van der Waals surface area contributed by atoms with E-state index in [0.717, 1.165) is 0 Å². The second-order valence-corrected chi connectivity index (χ2v) is 3.48. The zero-order valence-corrected chi connectivity index (χ0v) is 9.58. The summed E-state index contributed by atoms with van der Waals surface area (Å²) in [6.07, 6.45) is 0. The Hall–Kier alpha value is -2.71. The molecule has 0 fully saturated rings. The molecule has 1 N–H and O–H groups in total. The van der Waals surface area contributed by atoms with Crippen LogP contribution in [0.15, 0.2) is 16.5 Å². The highest BCUT2D eigenvalue weighted by Gasteiger charge is 2.18. The minimum atomic E-state index is -0.644. The quantitative estimate of drug-likeness (QED) is 0.641. The molecule has 0 aliphatic heterocycles. The Morgan fingerprint density at radius 1 is 1.50 bits per heavy atom. The summed E-state index contributed by atoms with van der Waals surface area (Å²) in [5.41, 5.74) is 0. The summed E-state index contributed by atoms with van der Waals surface area (Å²) in [6.45, 7) is 1.34. The number of carbonyl (C=O) groups is 1. The zero-order valence-electron chi connectivity index (χ0n) is 9.58. The number of carbonyl (C=O) groups excluding carboxylic acids is 1. The van der Waals surface area contributed by atoms with Gasteiger partial charge in [-0.25, -0.2) is 0 Å². The van der Waals surface area contributed by atoms with Gasteiger partial charge in [0.15, 0.2) is 5.76 Å². The number of nitrogens with one attached hydrogen (secondary N) is 1. The van der Waals surface area contributed by atoms with Crippen LogP contribution in [0.5, 0.6) is 0 Å². The molecule has 0 spiro atoms. The lowest BCUT2D eigenvalue weighted by atomic mass is 10.4. The Bertz CT molecular complexity index is 614. The Morgan fingerprint density at radius 3 is 2.78 bits per heavy atom. The third kappa shape index (κ3) is 2.05. The largest absolute Gasteiger partial charge is 0.433 e. The topological polar surface area (TPSA) is 116 Å². The molecule has 0 atom stereocenters. The SMILES string of the molecule is CC(=O)Nc1nnc(-c2ccc([N+](=O)[O-])o2)n1C. The highest BCUT2D eigenvalue weighted by Crippen LogP contribution is 2.25. The molecule has 2 aromatic rings. The molecule has 0 bridgehead atoms. The van der Waals surface area contributed by atoms with Crippen molar-refractivity contribution in [3.05, 3.63) is 22.2 Å². The fraction of sp³-hybridized carbons (Fsp3) is 0.222.